The zero-order valence-corrected chi connectivity index (χ0v) is 10.1. The molecule has 2 aliphatic rings. The fourth-order valence-corrected chi connectivity index (χ4v) is 2.49. The van der Waals surface area contributed by atoms with E-state index in [1.807, 2.05) is 6.92 Å². The summed E-state index contributed by atoms with van der Waals surface area (Å²) in [6.07, 6.45) is 5.88. The third-order valence-corrected chi connectivity index (χ3v) is 3.75. The molecule has 3 N–H and O–H groups in total. The first-order valence-corrected chi connectivity index (χ1v) is 6.48. The zero-order chi connectivity index (χ0) is 11.5. The summed E-state index contributed by atoms with van der Waals surface area (Å²) in [5.74, 6) is 0.183. The molecular weight excluding hydrogens is 202 g/mol. The van der Waals surface area contributed by atoms with E-state index in [1.54, 1.807) is 0 Å². The molecule has 0 spiro atoms. The highest BCUT2D eigenvalue weighted by Gasteiger charge is 2.32. The monoisotopic (exact) mass is 225 g/mol. The Bertz CT molecular complexity index is 253. The lowest BCUT2D eigenvalue weighted by atomic mass is 10.00. The van der Waals surface area contributed by atoms with Crippen LogP contribution < -0.4 is 11.1 Å². The average molecular weight is 225 g/mol. The van der Waals surface area contributed by atoms with Crippen molar-refractivity contribution in [3.63, 3.8) is 0 Å². The molecule has 1 saturated heterocycles. The maximum absolute atomic E-state index is 12.0. The van der Waals surface area contributed by atoms with Crippen LogP contribution in [0.1, 0.15) is 39.0 Å². The van der Waals surface area contributed by atoms with E-state index in [0.29, 0.717) is 18.6 Å². The van der Waals surface area contributed by atoms with E-state index in [2.05, 4.69) is 10.2 Å². The molecule has 4 heteroatoms. The lowest BCUT2D eigenvalue weighted by molar-refractivity contribution is -0.127. The first kappa shape index (κ1) is 11.9. The predicted octanol–water partition coefficient (Wildman–Crippen LogP) is 0.467. The summed E-state index contributed by atoms with van der Waals surface area (Å²) in [6.45, 7) is 3.69. The van der Waals surface area contributed by atoms with Crippen LogP contribution in [0.25, 0.3) is 0 Å². The number of hydrogen-bond acceptors (Lipinski definition) is 3. The molecule has 0 radical (unpaired) electrons. The summed E-state index contributed by atoms with van der Waals surface area (Å²) >= 11 is 0. The lowest BCUT2D eigenvalue weighted by Gasteiger charge is -2.38. The number of nitrogens with two attached hydrogens (primary N) is 1. The van der Waals surface area contributed by atoms with Gasteiger partial charge in [-0.05, 0) is 39.2 Å². The van der Waals surface area contributed by atoms with E-state index in [1.165, 1.54) is 12.8 Å². The molecule has 1 aliphatic carbocycles. The van der Waals surface area contributed by atoms with Gasteiger partial charge >= 0.3 is 0 Å². The van der Waals surface area contributed by atoms with Gasteiger partial charge in [-0.25, -0.2) is 0 Å². The van der Waals surface area contributed by atoms with E-state index in [4.69, 9.17) is 5.73 Å². The Hall–Kier alpha value is -0.610. The van der Waals surface area contributed by atoms with E-state index in [-0.39, 0.29) is 11.9 Å². The highest BCUT2D eigenvalue weighted by atomic mass is 16.2. The number of rotatable bonds is 4. The minimum absolute atomic E-state index is 0.0190. The van der Waals surface area contributed by atoms with Gasteiger partial charge in [-0.1, -0.05) is 6.42 Å². The van der Waals surface area contributed by atoms with Gasteiger partial charge in [0.05, 0.1) is 6.04 Å². The molecule has 2 unspecified atom stereocenters. The second-order valence-corrected chi connectivity index (χ2v) is 5.08. The molecule has 0 bridgehead atoms. The minimum Gasteiger partial charge on any atom is -0.352 e. The molecule has 2 rings (SSSR count). The van der Waals surface area contributed by atoms with E-state index >= 15 is 0 Å². The zero-order valence-electron chi connectivity index (χ0n) is 10.1. The van der Waals surface area contributed by atoms with E-state index in [9.17, 15) is 4.79 Å². The van der Waals surface area contributed by atoms with Crippen molar-refractivity contribution < 1.29 is 4.79 Å². The largest absolute Gasteiger partial charge is 0.352 e. The minimum atomic E-state index is -0.0190. The smallest absolute Gasteiger partial charge is 0.237 e. The van der Waals surface area contributed by atoms with Gasteiger partial charge in [-0.15, -0.1) is 0 Å². The molecule has 2 fully saturated rings. The van der Waals surface area contributed by atoms with Crippen LogP contribution in [0.15, 0.2) is 0 Å². The van der Waals surface area contributed by atoms with Crippen LogP contribution in [0.2, 0.25) is 0 Å². The average Bonchev–Trinajstić information content (AvgIpc) is 3.11. The number of amides is 1. The van der Waals surface area contributed by atoms with E-state index in [0.717, 1.165) is 25.8 Å². The van der Waals surface area contributed by atoms with Crippen LogP contribution in [-0.4, -0.2) is 42.0 Å². The molecular formula is C12H23N3O. The quantitative estimate of drug-likeness (QED) is 0.731. The van der Waals surface area contributed by atoms with Crippen molar-refractivity contribution in [3.05, 3.63) is 0 Å². The van der Waals surface area contributed by atoms with Crippen LogP contribution in [0.3, 0.4) is 0 Å². The first-order valence-electron chi connectivity index (χ1n) is 6.48. The lowest BCUT2D eigenvalue weighted by Crippen LogP contribution is -2.54. The summed E-state index contributed by atoms with van der Waals surface area (Å²) in [6, 6.07) is 0.833. The fraction of sp³-hybridized carbons (Fsp3) is 0.917. The van der Waals surface area contributed by atoms with Crippen molar-refractivity contribution in [2.24, 2.45) is 5.73 Å². The first-order chi connectivity index (χ1) is 7.72. The number of likely N-dealkylation sites (tertiary alicyclic amines) is 1. The van der Waals surface area contributed by atoms with Gasteiger partial charge in [0.25, 0.3) is 0 Å². The SMILES string of the molecule is CC(C(=O)NC1CC1)N1CCCCC1CN. The van der Waals surface area contributed by atoms with Crippen molar-refractivity contribution in [1.82, 2.24) is 10.2 Å². The van der Waals surface area contributed by atoms with Gasteiger partial charge in [0.1, 0.15) is 0 Å². The van der Waals surface area contributed by atoms with Crippen molar-refractivity contribution in [2.45, 2.75) is 57.2 Å². The fourth-order valence-electron chi connectivity index (χ4n) is 2.49. The molecule has 4 nitrogen and oxygen atoms in total. The Morgan fingerprint density at radius 3 is 2.81 bits per heavy atom. The van der Waals surface area contributed by atoms with Gasteiger partial charge in [0.15, 0.2) is 0 Å². The van der Waals surface area contributed by atoms with Gasteiger partial charge in [-0.2, -0.15) is 0 Å². The molecule has 92 valence electrons. The van der Waals surface area contributed by atoms with Gasteiger partial charge in [0.2, 0.25) is 5.91 Å². The van der Waals surface area contributed by atoms with Crippen LogP contribution >= 0.6 is 0 Å². The Morgan fingerprint density at radius 1 is 1.44 bits per heavy atom. The maximum atomic E-state index is 12.0. The highest BCUT2D eigenvalue weighted by molar-refractivity contribution is 5.81. The molecule has 16 heavy (non-hydrogen) atoms. The Labute approximate surface area is 97.6 Å². The van der Waals surface area contributed by atoms with Gasteiger partial charge < -0.3 is 11.1 Å². The summed E-state index contributed by atoms with van der Waals surface area (Å²) in [4.78, 5) is 14.2. The van der Waals surface area contributed by atoms with Crippen molar-refractivity contribution in [2.75, 3.05) is 13.1 Å². The number of hydrogen-bond donors (Lipinski definition) is 2. The van der Waals surface area contributed by atoms with E-state index < -0.39 is 0 Å². The van der Waals surface area contributed by atoms with Gasteiger partial charge in [-0.3, -0.25) is 9.69 Å². The summed E-state index contributed by atoms with van der Waals surface area (Å²) in [5.41, 5.74) is 5.77. The van der Waals surface area contributed by atoms with Crippen molar-refractivity contribution >= 4 is 5.91 Å². The Balaban J connectivity index is 1.89. The molecule has 1 aliphatic heterocycles. The second kappa shape index (κ2) is 5.15. The topological polar surface area (TPSA) is 58.4 Å². The van der Waals surface area contributed by atoms with Crippen molar-refractivity contribution in [3.8, 4) is 0 Å². The summed E-state index contributed by atoms with van der Waals surface area (Å²) < 4.78 is 0. The Morgan fingerprint density at radius 2 is 2.19 bits per heavy atom. The van der Waals surface area contributed by atoms with Crippen LogP contribution in [-0.2, 0) is 4.79 Å². The molecule has 0 aromatic rings. The van der Waals surface area contributed by atoms with Crippen LogP contribution in [0.5, 0.6) is 0 Å². The highest BCUT2D eigenvalue weighted by Crippen LogP contribution is 2.21. The summed E-state index contributed by atoms with van der Waals surface area (Å²) in [5, 5.41) is 3.07. The third-order valence-electron chi connectivity index (χ3n) is 3.75. The normalized spacial score (nSPS) is 28.8. The number of piperidine rings is 1. The number of nitrogens with zero attached hydrogens (tertiary/aromatic N) is 1. The molecule has 0 aromatic carbocycles. The third kappa shape index (κ3) is 2.74. The predicted molar refractivity (Wildman–Crippen MR) is 64.0 cm³/mol. The van der Waals surface area contributed by atoms with Crippen LogP contribution in [0, 0.1) is 0 Å². The standard InChI is InChI=1S/C12H23N3O/c1-9(12(16)14-10-5-6-10)15-7-3-2-4-11(15)8-13/h9-11H,2-8,13H2,1H3,(H,14,16). The van der Waals surface area contributed by atoms with Gasteiger partial charge in [0, 0.05) is 18.6 Å². The molecule has 0 aromatic heterocycles. The molecule has 1 saturated carbocycles. The molecule has 1 amide bonds. The van der Waals surface area contributed by atoms with Crippen molar-refractivity contribution in [1.29, 1.82) is 0 Å². The number of carbonyl (C=O) groups excluding carboxylic acids is 1. The number of nitrogens with one attached hydrogen (secondary N) is 1. The maximum Gasteiger partial charge on any atom is 0.237 e. The van der Waals surface area contributed by atoms with Crippen LogP contribution in [0.4, 0.5) is 0 Å². The Kier molecular flexibility index (Phi) is 3.82. The number of carbonyl (C=O) groups is 1. The summed E-state index contributed by atoms with van der Waals surface area (Å²) in [7, 11) is 0. The second-order valence-electron chi connectivity index (χ2n) is 5.08. The molecule has 1 heterocycles. The molecule has 2 atom stereocenters.